The average Bonchev–Trinajstić information content (AvgIpc) is 2.64. The fourth-order valence-electron chi connectivity index (χ4n) is 2.89. The lowest BCUT2D eigenvalue weighted by atomic mass is 10.1. The second-order valence-corrected chi connectivity index (χ2v) is 6.98. The van der Waals surface area contributed by atoms with Crippen molar-refractivity contribution < 1.29 is 9.53 Å². The van der Waals surface area contributed by atoms with E-state index in [1.807, 2.05) is 43.3 Å². The van der Waals surface area contributed by atoms with Crippen molar-refractivity contribution in [2.75, 3.05) is 12.4 Å². The van der Waals surface area contributed by atoms with Crippen LogP contribution in [0, 0.1) is 0 Å². The maximum atomic E-state index is 12.9. The van der Waals surface area contributed by atoms with E-state index in [4.69, 9.17) is 9.72 Å². The Morgan fingerprint density at radius 3 is 2.62 bits per heavy atom. The topological polar surface area (TPSA) is 61.2 Å². The van der Waals surface area contributed by atoms with Gasteiger partial charge in [-0.15, -0.1) is 0 Å². The minimum atomic E-state index is -0.182. The molecule has 6 heteroatoms. The molecule has 0 bridgehead atoms. The summed E-state index contributed by atoms with van der Waals surface area (Å²) in [5, 5.41) is 3.45. The van der Waals surface area contributed by atoms with Crippen LogP contribution < -0.4 is 5.56 Å². The number of carbonyl (C=O) groups is 1. The number of carbonyl (C=O) groups excluding carboxylic acids is 1. The number of hydrogen-bond acceptors (Lipinski definition) is 5. The number of hydrogen-bond donors (Lipinski definition) is 0. The van der Waals surface area contributed by atoms with Crippen LogP contribution in [0.3, 0.4) is 0 Å². The van der Waals surface area contributed by atoms with Gasteiger partial charge in [0.05, 0.1) is 17.5 Å². The van der Waals surface area contributed by atoms with Crippen LogP contribution in [0.1, 0.15) is 26.7 Å². The van der Waals surface area contributed by atoms with Crippen LogP contribution in [0.4, 0.5) is 0 Å². The van der Waals surface area contributed by atoms with Gasteiger partial charge < -0.3 is 4.74 Å². The van der Waals surface area contributed by atoms with E-state index >= 15 is 0 Å². The Balaban J connectivity index is 1.88. The Bertz CT molecular complexity index is 997. The van der Waals surface area contributed by atoms with Crippen LogP contribution in [-0.4, -0.2) is 27.9 Å². The minimum Gasteiger partial charge on any atom is -0.466 e. The molecule has 136 valence electrons. The summed E-state index contributed by atoms with van der Waals surface area (Å²) in [5.41, 5.74) is 0.697. The van der Waals surface area contributed by atoms with Gasteiger partial charge in [0.25, 0.3) is 5.56 Å². The van der Waals surface area contributed by atoms with Crippen molar-refractivity contribution in [3.63, 3.8) is 0 Å². The summed E-state index contributed by atoms with van der Waals surface area (Å²) in [6.45, 7) is 4.71. The third kappa shape index (κ3) is 3.90. The molecule has 3 aromatic rings. The maximum absolute atomic E-state index is 12.9. The zero-order valence-corrected chi connectivity index (χ0v) is 15.8. The molecule has 1 heterocycles. The molecule has 3 rings (SSSR count). The van der Waals surface area contributed by atoms with Gasteiger partial charge in [-0.1, -0.05) is 36.0 Å². The molecule has 0 N–H and O–H groups in total. The summed E-state index contributed by atoms with van der Waals surface area (Å²) >= 11 is 1.51. The Morgan fingerprint density at radius 2 is 1.92 bits per heavy atom. The number of esters is 1. The third-order valence-corrected chi connectivity index (χ3v) is 5.23. The van der Waals surface area contributed by atoms with Gasteiger partial charge >= 0.3 is 5.97 Å². The first-order valence-electron chi connectivity index (χ1n) is 8.85. The Kier molecular flexibility index (Phi) is 5.93. The van der Waals surface area contributed by atoms with Gasteiger partial charge in [0, 0.05) is 18.7 Å². The molecule has 0 atom stereocenters. The number of nitrogens with zero attached hydrogens (tertiary/aromatic N) is 2. The van der Waals surface area contributed by atoms with Gasteiger partial charge in [0.1, 0.15) is 0 Å². The molecule has 0 aliphatic carbocycles. The zero-order valence-electron chi connectivity index (χ0n) is 15.0. The van der Waals surface area contributed by atoms with E-state index in [0.717, 1.165) is 10.8 Å². The van der Waals surface area contributed by atoms with Crippen molar-refractivity contribution >= 4 is 39.4 Å². The van der Waals surface area contributed by atoms with E-state index < -0.39 is 0 Å². The van der Waals surface area contributed by atoms with E-state index in [2.05, 4.69) is 0 Å². The quantitative estimate of drug-likeness (QED) is 0.207. The zero-order chi connectivity index (χ0) is 18.5. The van der Waals surface area contributed by atoms with E-state index in [-0.39, 0.29) is 11.5 Å². The van der Waals surface area contributed by atoms with Crippen molar-refractivity contribution in [3.05, 3.63) is 46.8 Å². The highest BCUT2D eigenvalue weighted by Gasteiger charge is 2.12. The molecule has 0 saturated heterocycles. The highest BCUT2D eigenvalue weighted by atomic mass is 32.2. The number of ether oxygens (including phenoxy) is 1. The lowest BCUT2D eigenvalue weighted by Gasteiger charge is -2.11. The van der Waals surface area contributed by atoms with Crippen molar-refractivity contribution in [2.24, 2.45) is 0 Å². The van der Waals surface area contributed by atoms with Crippen molar-refractivity contribution in [1.82, 2.24) is 9.55 Å². The second kappa shape index (κ2) is 8.36. The van der Waals surface area contributed by atoms with E-state index in [1.165, 1.54) is 11.8 Å². The molecular weight excluding hydrogens is 348 g/mol. The molecule has 0 aliphatic rings. The SMILES string of the molecule is CCOC(=O)CCCSc1nc2cc3ccccc3cc2c(=O)n1CC. The monoisotopic (exact) mass is 370 g/mol. The van der Waals surface area contributed by atoms with Gasteiger partial charge in [-0.25, -0.2) is 4.98 Å². The summed E-state index contributed by atoms with van der Waals surface area (Å²) < 4.78 is 6.64. The lowest BCUT2D eigenvalue weighted by molar-refractivity contribution is -0.143. The highest BCUT2D eigenvalue weighted by Crippen LogP contribution is 2.23. The number of thioether (sulfide) groups is 1. The number of benzene rings is 2. The molecule has 2 aromatic carbocycles. The standard InChI is InChI=1S/C20H22N2O3S/c1-3-22-19(24)16-12-14-8-5-6-9-15(14)13-17(16)21-20(22)26-11-7-10-18(23)25-4-2/h5-6,8-9,12-13H,3-4,7,10-11H2,1-2H3. The van der Waals surface area contributed by atoms with Gasteiger partial charge in [0.15, 0.2) is 5.16 Å². The fourth-order valence-corrected chi connectivity index (χ4v) is 3.89. The molecule has 0 amide bonds. The molecular formula is C20H22N2O3S. The third-order valence-electron chi connectivity index (χ3n) is 4.16. The summed E-state index contributed by atoms with van der Waals surface area (Å²) in [4.78, 5) is 29.0. The van der Waals surface area contributed by atoms with Gasteiger partial charge in [-0.2, -0.15) is 0 Å². The molecule has 26 heavy (non-hydrogen) atoms. The van der Waals surface area contributed by atoms with Crippen LogP contribution in [0.2, 0.25) is 0 Å². The van der Waals surface area contributed by atoms with Crippen LogP contribution in [-0.2, 0) is 16.1 Å². The maximum Gasteiger partial charge on any atom is 0.305 e. The Labute approximate surface area is 156 Å². The first-order chi connectivity index (χ1) is 12.6. The predicted molar refractivity (Wildman–Crippen MR) is 106 cm³/mol. The van der Waals surface area contributed by atoms with Crippen LogP contribution in [0.5, 0.6) is 0 Å². The van der Waals surface area contributed by atoms with Crippen LogP contribution in [0.25, 0.3) is 21.7 Å². The summed E-state index contributed by atoms with van der Waals surface area (Å²) in [7, 11) is 0. The molecule has 0 radical (unpaired) electrons. The van der Waals surface area contributed by atoms with Crippen molar-refractivity contribution in [2.45, 2.75) is 38.4 Å². The summed E-state index contributed by atoms with van der Waals surface area (Å²) in [6, 6.07) is 11.9. The van der Waals surface area contributed by atoms with Crippen LogP contribution in [0.15, 0.2) is 46.3 Å². The molecule has 1 aromatic heterocycles. The molecule has 0 unspecified atom stereocenters. The van der Waals surface area contributed by atoms with Crippen molar-refractivity contribution in [3.8, 4) is 0 Å². The normalized spacial score (nSPS) is 11.2. The molecule has 0 spiro atoms. The van der Waals surface area contributed by atoms with E-state index in [9.17, 15) is 9.59 Å². The number of aromatic nitrogens is 2. The lowest BCUT2D eigenvalue weighted by Crippen LogP contribution is -2.22. The Morgan fingerprint density at radius 1 is 1.19 bits per heavy atom. The van der Waals surface area contributed by atoms with Crippen LogP contribution >= 0.6 is 11.8 Å². The largest absolute Gasteiger partial charge is 0.466 e. The van der Waals surface area contributed by atoms with E-state index in [1.54, 1.807) is 11.5 Å². The summed E-state index contributed by atoms with van der Waals surface area (Å²) in [6.07, 6.45) is 1.08. The average molecular weight is 370 g/mol. The Hall–Kier alpha value is -2.34. The first-order valence-corrected chi connectivity index (χ1v) is 9.84. The molecule has 0 fully saturated rings. The molecule has 5 nitrogen and oxygen atoms in total. The molecule has 0 saturated carbocycles. The number of rotatable bonds is 7. The van der Waals surface area contributed by atoms with Gasteiger partial charge in [0.2, 0.25) is 0 Å². The first kappa shape index (κ1) is 18.5. The smallest absolute Gasteiger partial charge is 0.305 e. The van der Waals surface area contributed by atoms with E-state index in [0.29, 0.717) is 47.8 Å². The summed E-state index contributed by atoms with van der Waals surface area (Å²) in [5.74, 6) is 0.531. The fraction of sp³-hybridized carbons (Fsp3) is 0.350. The van der Waals surface area contributed by atoms with Gasteiger partial charge in [-0.3, -0.25) is 14.2 Å². The molecule has 0 aliphatic heterocycles. The van der Waals surface area contributed by atoms with Gasteiger partial charge in [-0.05, 0) is 43.2 Å². The second-order valence-electron chi connectivity index (χ2n) is 5.92. The highest BCUT2D eigenvalue weighted by molar-refractivity contribution is 7.99. The van der Waals surface area contributed by atoms with Crippen molar-refractivity contribution in [1.29, 1.82) is 0 Å². The number of fused-ring (bicyclic) bond motifs is 2. The minimum absolute atomic E-state index is 0.0175. The predicted octanol–water partition coefficient (Wildman–Crippen LogP) is 4.01.